The normalized spacial score (nSPS) is 12.5. The molecule has 1 rings (SSSR count). The summed E-state index contributed by atoms with van der Waals surface area (Å²) in [5.74, 6) is -1.31. The van der Waals surface area contributed by atoms with Crippen LogP contribution < -0.4 is 10.6 Å². The molecule has 0 bridgehead atoms. The lowest BCUT2D eigenvalue weighted by molar-refractivity contribution is -0.376. The highest BCUT2D eigenvalue weighted by Crippen LogP contribution is 2.50. The number of aliphatic hydroxyl groups is 1. The van der Waals surface area contributed by atoms with Gasteiger partial charge in [0, 0.05) is 12.1 Å². The third-order valence-electron chi connectivity index (χ3n) is 3.55. The summed E-state index contributed by atoms with van der Waals surface area (Å²) in [6.45, 7) is 2.78. The Hall–Kier alpha value is -2.50. The summed E-state index contributed by atoms with van der Waals surface area (Å²) < 4.78 is 82.8. The Bertz CT molecular complexity index is 716. The maximum atomic E-state index is 13.1. The second kappa shape index (κ2) is 7.62. The number of alkyl halides is 6. The van der Waals surface area contributed by atoms with E-state index in [0.29, 0.717) is 6.07 Å². The van der Waals surface area contributed by atoms with Crippen molar-refractivity contribution in [2.24, 2.45) is 0 Å². The number of halogens is 6. The fourth-order valence-electron chi connectivity index (χ4n) is 2.24. The van der Waals surface area contributed by atoms with Gasteiger partial charge in [-0.05, 0) is 25.5 Å². The molecule has 0 heterocycles. The van der Waals surface area contributed by atoms with Gasteiger partial charge in [-0.15, -0.1) is 0 Å². The minimum Gasteiger partial charge on any atom is -0.465 e. The van der Waals surface area contributed by atoms with E-state index in [0.717, 1.165) is 14.0 Å². The molecule has 0 radical (unpaired) electrons. The largest absolute Gasteiger partial charge is 0.465 e. The molecule has 1 aromatic carbocycles. The average molecular weight is 402 g/mol. The first-order valence-corrected chi connectivity index (χ1v) is 7.34. The van der Waals surface area contributed by atoms with Gasteiger partial charge in [0.2, 0.25) is 0 Å². The van der Waals surface area contributed by atoms with E-state index in [1.807, 2.05) is 0 Å². The number of ether oxygens (including phenoxy) is 1. The number of anilines is 1. The summed E-state index contributed by atoms with van der Waals surface area (Å²) in [5, 5.41) is 14.0. The van der Waals surface area contributed by atoms with Crippen LogP contribution in [-0.2, 0) is 10.3 Å². The number of esters is 1. The Labute approximate surface area is 149 Å². The molecule has 1 aromatic rings. The fourth-order valence-corrected chi connectivity index (χ4v) is 2.24. The molecule has 0 aliphatic rings. The van der Waals surface area contributed by atoms with Crippen molar-refractivity contribution in [1.29, 1.82) is 0 Å². The highest BCUT2D eigenvalue weighted by Gasteiger charge is 2.71. The quantitative estimate of drug-likeness (QED) is 0.533. The number of methoxy groups -OCH3 is 1. The molecule has 0 saturated carbocycles. The summed E-state index contributed by atoms with van der Waals surface area (Å²) in [7, 11) is 0.847. The van der Waals surface area contributed by atoms with Gasteiger partial charge in [-0.25, -0.2) is 9.59 Å². The molecule has 6 nitrogen and oxygen atoms in total. The standard InChI is InChI=1S/C15H16F6N2O4/c1-4-22-12(25)23-10-7(2)5-8(6-9(10)11(24)27-3)13(26,14(16,17)18)15(19,20)21/h5-6,26H,4H2,1-3H3,(H2,22,23,25). The van der Waals surface area contributed by atoms with Crippen LogP contribution in [0.2, 0.25) is 0 Å². The maximum absolute atomic E-state index is 13.1. The Morgan fingerprint density at radius 1 is 1.11 bits per heavy atom. The van der Waals surface area contributed by atoms with E-state index in [9.17, 15) is 41.0 Å². The van der Waals surface area contributed by atoms with Crippen molar-refractivity contribution < 1.29 is 45.8 Å². The van der Waals surface area contributed by atoms with Crippen LogP contribution in [0.4, 0.5) is 36.8 Å². The van der Waals surface area contributed by atoms with Gasteiger partial charge in [0.15, 0.2) is 0 Å². The Balaban J connectivity index is 3.72. The smallest absolute Gasteiger partial charge is 0.430 e. The van der Waals surface area contributed by atoms with E-state index in [4.69, 9.17) is 0 Å². The second-order valence-corrected chi connectivity index (χ2v) is 5.40. The first-order chi connectivity index (χ1) is 12.2. The van der Waals surface area contributed by atoms with Crippen LogP contribution in [0.15, 0.2) is 12.1 Å². The zero-order valence-corrected chi connectivity index (χ0v) is 14.3. The van der Waals surface area contributed by atoms with Gasteiger partial charge >= 0.3 is 24.4 Å². The minimum atomic E-state index is -6.13. The second-order valence-electron chi connectivity index (χ2n) is 5.40. The zero-order chi connectivity index (χ0) is 21.2. The van der Waals surface area contributed by atoms with Crippen molar-refractivity contribution in [3.8, 4) is 0 Å². The van der Waals surface area contributed by atoms with Gasteiger partial charge in [-0.1, -0.05) is 6.07 Å². The molecule has 3 N–H and O–H groups in total. The zero-order valence-electron chi connectivity index (χ0n) is 14.3. The van der Waals surface area contributed by atoms with Gasteiger partial charge in [-0.3, -0.25) is 0 Å². The number of hydrogen-bond donors (Lipinski definition) is 3. The van der Waals surface area contributed by atoms with E-state index in [1.54, 1.807) is 6.92 Å². The van der Waals surface area contributed by atoms with Gasteiger partial charge in [0.25, 0.3) is 5.60 Å². The summed E-state index contributed by atoms with van der Waals surface area (Å²) in [6.07, 6.45) is -12.3. The Kier molecular flexibility index (Phi) is 6.37. The van der Waals surface area contributed by atoms with E-state index in [1.165, 1.54) is 0 Å². The monoisotopic (exact) mass is 402 g/mol. The van der Waals surface area contributed by atoms with Crippen LogP contribution in [0, 0.1) is 6.92 Å². The van der Waals surface area contributed by atoms with Crippen LogP contribution in [0.25, 0.3) is 0 Å². The lowest BCUT2D eigenvalue weighted by Gasteiger charge is -2.33. The van der Waals surface area contributed by atoms with Crippen molar-refractivity contribution in [2.75, 3.05) is 19.0 Å². The number of urea groups is 1. The number of nitrogens with one attached hydrogen (secondary N) is 2. The molecule has 12 heteroatoms. The number of amides is 2. The van der Waals surface area contributed by atoms with Gasteiger partial charge in [-0.2, -0.15) is 26.3 Å². The molecule has 0 saturated heterocycles. The number of carbonyl (C=O) groups is 2. The molecule has 0 aliphatic heterocycles. The first-order valence-electron chi connectivity index (χ1n) is 7.34. The molecule has 0 atom stereocenters. The summed E-state index contributed by atoms with van der Waals surface area (Å²) in [4.78, 5) is 23.5. The van der Waals surface area contributed by atoms with Crippen LogP contribution in [-0.4, -0.2) is 43.1 Å². The predicted molar refractivity (Wildman–Crippen MR) is 81.2 cm³/mol. The molecule has 0 aromatic heterocycles. The van der Waals surface area contributed by atoms with E-state index >= 15 is 0 Å². The van der Waals surface area contributed by atoms with Crippen molar-refractivity contribution >= 4 is 17.7 Å². The van der Waals surface area contributed by atoms with Crippen LogP contribution >= 0.6 is 0 Å². The highest BCUT2D eigenvalue weighted by molar-refractivity contribution is 6.02. The maximum Gasteiger partial charge on any atom is 0.430 e. The van der Waals surface area contributed by atoms with Gasteiger partial charge in [0.05, 0.1) is 18.4 Å². The third kappa shape index (κ3) is 4.26. The van der Waals surface area contributed by atoms with E-state index < -0.39 is 41.1 Å². The lowest BCUT2D eigenvalue weighted by atomic mass is 9.88. The summed E-state index contributed by atoms with van der Waals surface area (Å²) >= 11 is 0. The Morgan fingerprint density at radius 3 is 2.04 bits per heavy atom. The third-order valence-corrected chi connectivity index (χ3v) is 3.55. The highest BCUT2D eigenvalue weighted by atomic mass is 19.4. The van der Waals surface area contributed by atoms with Crippen molar-refractivity contribution in [3.05, 3.63) is 28.8 Å². The van der Waals surface area contributed by atoms with Crippen LogP contribution in [0.3, 0.4) is 0 Å². The molecule has 2 amide bonds. The topological polar surface area (TPSA) is 87.7 Å². The average Bonchev–Trinajstić information content (AvgIpc) is 2.53. The van der Waals surface area contributed by atoms with Crippen molar-refractivity contribution in [1.82, 2.24) is 5.32 Å². The fraction of sp³-hybridized carbons (Fsp3) is 0.467. The molecule has 0 fully saturated rings. The molecular formula is C15H16F6N2O4. The number of rotatable bonds is 4. The first kappa shape index (κ1) is 22.5. The Morgan fingerprint density at radius 2 is 1.63 bits per heavy atom. The van der Waals surface area contributed by atoms with E-state index in [2.05, 4.69) is 15.4 Å². The predicted octanol–water partition coefficient (Wildman–Crippen LogP) is 3.24. The SMILES string of the molecule is CCNC(=O)Nc1c(C)cc(C(O)(C(F)(F)F)C(F)(F)F)cc1C(=O)OC. The lowest BCUT2D eigenvalue weighted by Crippen LogP contribution is -2.54. The van der Waals surface area contributed by atoms with Crippen LogP contribution in [0.1, 0.15) is 28.4 Å². The summed E-state index contributed by atoms with van der Waals surface area (Å²) in [6, 6.07) is -0.281. The summed E-state index contributed by atoms with van der Waals surface area (Å²) in [5.41, 5.74) is -8.33. The van der Waals surface area contributed by atoms with Gasteiger partial charge in [0.1, 0.15) is 0 Å². The molecule has 152 valence electrons. The number of carbonyl (C=O) groups excluding carboxylic acids is 2. The minimum absolute atomic E-state index is 0.165. The molecule has 0 spiro atoms. The van der Waals surface area contributed by atoms with Gasteiger partial charge < -0.3 is 20.5 Å². The number of hydrogen-bond acceptors (Lipinski definition) is 4. The van der Waals surface area contributed by atoms with Crippen LogP contribution in [0.5, 0.6) is 0 Å². The number of benzene rings is 1. The molecule has 0 aliphatic carbocycles. The van der Waals surface area contributed by atoms with E-state index in [-0.39, 0.29) is 23.9 Å². The number of aryl methyl sites for hydroxylation is 1. The van der Waals surface area contributed by atoms with Crippen molar-refractivity contribution in [3.63, 3.8) is 0 Å². The molecule has 0 unspecified atom stereocenters. The van der Waals surface area contributed by atoms with Crippen molar-refractivity contribution in [2.45, 2.75) is 31.8 Å². The molecular weight excluding hydrogens is 386 g/mol. The molecule has 27 heavy (non-hydrogen) atoms.